The first kappa shape index (κ1) is 15.7. The molecule has 0 aromatic heterocycles. The van der Waals surface area contributed by atoms with Crippen molar-refractivity contribution in [3.8, 4) is 0 Å². The summed E-state index contributed by atoms with van der Waals surface area (Å²) >= 11 is 0. The number of carbonyl (C=O) groups is 1. The van der Waals surface area contributed by atoms with E-state index in [1.54, 1.807) is 0 Å². The van der Waals surface area contributed by atoms with Crippen molar-refractivity contribution in [3.05, 3.63) is 29.8 Å². The fraction of sp³-hybridized carbons (Fsp3) is 0.533. The molecule has 1 amide bonds. The van der Waals surface area contributed by atoms with Crippen molar-refractivity contribution in [3.63, 3.8) is 0 Å². The van der Waals surface area contributed by atoms with Gasteiger partial charge in [-0.3, -0.25) is 4.79 Å². The quantitative estimate of drug-likeness (QED) is 0.791. The van der Waals surface area contributed by atoms with E-state index >= 15 is 0 Å². The van der Waals surface area contributed by atoms with Crippen LogP contribution in [-0.4, -0.2) is 37.5 Å². The van der Waals surface area contributed by atoms with E-state index in [1.807, 2.05) is 38.4 Å². The van der Waals surface area contributed by atoms with E-state index in [4.69, 9.17) is 0 Å². The fourth-order valence-corrected chi connectivity index (χ4v) is 1.73. The largest absolute Gasteiger partial charge is 0.325 e. The maximum atomic E-state index is 11.9. The van der Waals surface area contributed by atoms with Gasteiger partial charge in [-0.15, -0.1) is 0 Å². The van der Waals surface area contributed by atoms with Gasteiger partial charge in [-0.1, -0.05) is 25.1 Å². The Labute approximate surface area is 116 Å². The van der Waals surface area contributed by atoms with Gasteiger partial charge in [-0.05, 0) is 39.1 Å². The number of hydrogen-bond acceptors (Lipinski definition) is 3. The van der Waals surface area contributed by atoms with Crippen molar-refractivity contribution in [2.45, 2.75) is 32.9 Å². The first-order valence-corrected chi connectivity index (χ1v) is 6.78. The van der Waals surface area contributed by atoms with Crippen LogP contribution < -0.4 is 10.6 Å². The number of nitrogens with zero attached hydrogens (tertiary/aromatic N) is 1. The highest BCUT2D eigenvalue weighted by molar-refractivity contribution is 5.93. The summed E-state index contributed by atoms with van der Waals surface area (Å²) in [6, 6.07) is 8.28. The maximum absolute atomic E-state index is 11.9. The average Bonchev–Trinajstić information content (AvgIpc) is 2.37. The molecule has 1 unspecified atom stereocenters. The molecule has 0 heterocycles. The number of carbonyl (C=O) groups excluding carboxylic acids is 1. The lowest BCUT2D eigenvalue weighted by atomic mass is 10.1. The molecular weight excluding hydrogens is 238 g/mol. The van der Waals surface area contributed by atoms with Crippen LogP contribution in [0.2, 0.25) is 0 Å². The molecule has 106 valence electrons. The summed E-state index contributed by atoms with van der Waals surface area (Å²) in [4.78, 5) is 14.0. The Hall–Kier alpha value is -1.39. The molecule has 0 aliphatic rings. The van der Waals surface area contributed by atoms with E-state index in [0.717, 1.165) is 24.2 Å². The van der Waals surface area contributed by atoms with Gasteiger partial charge >= 0.3 is 0 Å². The minimum absolute atomic E-state index is 0.00602. The maximum Gasteiger partial charge on any atom is 0.238 e. The highest BCUT2D eigenvalue weighted by Gasteiger charge is 2.08. The van der Waals surface area contributed by atoms with E-state index in [9.17, 15) is 4.79 Å². The monoisotopic (exact) mass is 263 g/mol. The predicted octanol–water partition coefficient (Wildman–Crippen LogP) is 2.07. The normalized spacial score (nSPS) is 12.5. The molecule has 1 aromatic carbocycles. The lowest BCUT2D eigenvalue weighted by Gasteiger charge is -2.16. The molecule has 4 heteroatoms. The Bertz CT molecular complexity index is 404. The van der Waals surface area contributed by atoms with E-state index in [2.05, 4.69) is 29.4 Å². The number of nitrogens with one attached hydrogen (secondary N) is 2. The first-order chi connectivity index (χ1) is 9.02. The standard InChI is InChI=1S/C15H25N3O/c1-5-12(2)16-10-15(19)17-14-9-7-6-8-13(14)11-18(3)4/h6-9,12,16H,5,10-11H2,1-4H3,(H,17,19). The number of benzene rings is 1. The van der Waals surface area contributed by atoms with Gasteiger partial charge in [-0.2, -0.15) is 0 Å². The summed E-state index contributed by atoms with van der Waals surface area (Å²) < 4.78 is 0. The van der Waals surface area contributed by atoms with Gasteiger partial charge in [0.25, 0.3) is 0 Å². The third-order valence-corrected chi connectivity index (χ3v) is 3.00. The van der Waals surface area contributed by atoms with Crippen LogP contribution >= 0.6 is 0 Å². The molecule has 0 saturated carbocycles. The van der Waals surface area contributed by atoms with Crippen LogP contribution in [0.5, 0.6) is 0 Å². The first-order valence-electron chi connectivity index (χ1n) is 6.78. The third-order valence-electron chi connectivity index (χ3n) is 3.00. The Morgan fingerprint density at radius 3 is 2.63 bits per heavy atom. The Balaban J connectivity index is 2.58. The van der Waals surface area contributed by atoms with Crippen LogP contribution in [0.3, 0.4) is 0 Å². The summed E-state index contributed by atoms with van der Waals surface area (Å²) in [5.74, 6) is 0.00602. The van der Waals surface area contributed by atoms with Crippen LogP contribution in [0.4, 0.5) is 5.69 Å². The van der Waals surface area contributed by atoms with Gasteiger partial charge in [-0.25, -0.2) is 0 Å². The van der Waals surface area contributed by atoms with Crippen molar-refractivity contribution in [1.82, 2.24) is 10.2 Å². The summed E-state index contributed by atoms with van der Waals surface area (Å²) in [6.45, 7) is 5.34. The molecule has 1 atom stereocenters. The second-order valence-electron chi connectivity index (χ2n) is 5.13. The molecule has 0 spiro atoms. The topological polar surface area (TPSA) is 44.4 Å². The number of amides is 1. The fourth-order valence-electron chi connectivity index (χ4n) is 1.73. The smallest absolute Gasteiger partial charge is 0.238 e. The van der Waals surface area contributed by atoms with Crippen LogP contribution in [0.25, 0.3) is 0 Å². The SMILES string of the molecule is CCC(C)NCC(=O)Nc1ccccc1CN(C)C. The molecule has 0 radical (unpaired) electrons. The molecule has 4 nitrogen and oxygen atoms in total. The van der Waals surface area contributed by atoms with Crippen LogP contribution in [0, 0.1) is 0 Å². The molecular formula is C15H25N3O. The van der Waals surface area contributed by atoms with Gasteiger partial charge in [0, 0.05) is 18.3 Å². The van der Waals surface area contributed by atoms with E-state index < -0.39 is 0 Å². The number of anilines is 1. The molecule has 19 heavy (non-hydrogen) atoms. The van der Waals surface area contributed by atoms with Crippen molar-refractivity contribution in [2.24, 2.45) is 0 Å². The molecule has 0 bridgehead atoms. The molecule has 0 aliphatic carbocycles. The number of para-hydroxylation sites is 1. The third kappa shape index (κ3) is 5.85. The molecule has 1 aromatic rings. The zero-order valence-corrected chi connectivity index (χ0v) is 12.4. The van der Waals surface area contributed by atoms with Crippen molar-refractivity contribution in [1.29, 1.82) is 0 Å². The van der Waals surface area contributed by atoms with Gasteiger partial charge in [0.05, 0.1) is 6.54 Å². The second kappa shape index (κ2) is 7.92. The zero-order valence-electron chi connectivity index (χ0n) is 12.4. The molecule has 1 rings (SSSR count). The summed E-state index contributed by atoms with van der Waals surface area (Å²) in [5.41, 5.74) is 2.02. The minimum atomic E-state index is 0.00602. The Morgan fingerprint density at radius 1 is 1.32 bits per heavy atom. The minimum Gasteiger partial charge on any atom is -0.325 e. The van der Waals surface area contributed by atoms with E-state index in [0.29, 0.717) is 12.6 Å². The van der Waals surface area contributed by atoms with Crippen LogP contribution in [-0.2, 0) is 11.3 Å². The second-order valence-corrected chi connectivity index (χ2v) is 5.13. The summed E-state index contributed by atoms with van der Waals surface area (Å²) in [6.07, 6.45) is 1.02. The zero-order chi connectivity index (χ0) is 14.3. The lowest BCUT2D eigenvalue weighted by molar-refractivity contribution is -0.115. The summed E-state index contributed by atoms with van der Waals surface area (Å²) in [7, 11) is 4.03. The van der Waals surface area contributed by atoms with Gasteiger partial charge in [0.2, 0.25) is 5.91 Å². The van der Waals surface area contributed by atoms with Crippen molar-refractivity contribution < 1.29 is 4.79 Å². The van der Waals surface area contributed by atoms with Gasteiger partial charge in [0.15, 0.2) is 0 Å². The van der Waals surface area contributed by atoms with Crippen molar-refractivity contribution in [2.75, 3.05) is 26.0 Å². The van der Waals surface area contributed by atoms with Crippen LogP contribution in [0.1, 0.15) is 25.8 Å². The van der Waals surface area contributed by atoms with E-state index in [1.165, 1.54) is 0 Å². The molecule has 2 N–H and O–H groups in total. The Kier molecular flexibility index (Phi) is 6.53. The highest BCUT2D eigenvalue weighted by Crippen LogP contribution is 2.16. The average molecular weight is 263 g/mol. The Morgan fingerprint density at radius 2 is 2.00 bits per heavy atom. The number of hydrogen-bond donors (Lipinski definition) is 2. The lowest BCUT2D eigenvalue weighted by Crippen LogP contribution is -2.34. The van der Waals surface area contributed by atoms with Gasteiger partial charge in [0.1, 0.15) is 0 Å². The summed E-state index contributed by atoms with van der Waals surface area (Å²) in [5, 5.41) is 6.16. The van der Waals surface area contributed by atoms with E-state index in [-0.39, 0.29) is 5.91 Å². The van der Waals surface area contributed by atoms with Gasteiger partial charge < -0.3 is 15.5 Å². The molecule has 0 fully saturated rings. The highest BCUT2D eigenvalue weighted by atomic mass is 16.1. The molecule has 0 aliphatic heterocycles. The molecule has 0 saturated heterocycles. The predicted molar refractivity (Wildman–Crippen MR) is 80.2 cm³/mol. The van der Waals surface area contributed by atoms with Crippen molar-refractivity contribution >= 4 is 11.6 Å². The van der Waals surface area contributed by atoms with Crippen LogP contribution in [0.15, 0.2) is 24.3 Å². The number of rotatable bonds is 7.